The number of carbonyl (C=O) groups is 2. The van der Waals surface area contributed by atoms with Gasteiger partial charge in [0.2, 0.25) is 0 Å². The molecule has 2 aromatic carbocycles. The maximum atomic E-state index is 12.8. The van der Waals surface area contributed by atoms with Crippen molar-refractivity contribution in [3.8, 4) is 5.75 Å². The average molecular weight is 416 g/mol. The van der Waals surface area contributed by atoms with Crippen molar-refractivity contribution in [2.24, 2.45) is 0 Å². The molecular formula is C22H26ClN3O3. The lowest BCUT2D eigenvalue weighted by atomic mass is 9.85. The Balaban J connectivity index is 2.21. The van der Waals surface area contributed by atoms with E-state index in [-0.39, 0.29) is 34.6 Å². The molecule has 1 aliphatic heterocycles. The minimum Gasteiger partial charge on any atom is -0.508 e. The maximum Gasteiger partial charge on any atom is 0.253 e. The normalized spacial score (nSPS) is 15.9. The van der Waals surface area contributed by atoms with Crippen molar-refractivity contribution in [3.05, 3.63) is 63.2 Å². The quantitative estimate of drug-likeness (QED) is 0.604. The first-order valence-electron chi connectivity index (χ1n) is 9.89. The van der Waals surface area contributed by atoms with Crippen LogP contribution in [0, 0.1) is 0 Å². The van der Waals surface area contributed by atoms with Gasteiger partial charge in [-0.3, -0.25) is 9.59 Å². The molecule has 6 nitrogen and oxygen atoms in total. The van der Waals surface area contributed by atoms with Gasteiger partial charge in [0.25, 0.3) is 11.8 Å². The van der Waals surface area contributed by atoms with Gasteiger partial charge in [-0.25, -0.2) is 0 Å². The van der Waals surface area contributed by atoms with Crippen LogP contribution in [0.4, 0.5) is 0 Å². The lowest BCUT2D eigenvalue weighted by Gasteiger charge is -2.22. The Morgan fingerprint density at radius 2 is 1.79 bits per heavy atom. The highest BCUT2D eigenvalue weighted by molar-refractivity contribution is 6.35. The summed E-state index contributed by atoms with van der Waals surface area (Å²) in [7, 11) is 0. The molecule has 0 spiro atoms. The highest BCUT2D eigenvalue weighted by Gasteiger charge is 2.29. The summed E-state index contributed by atoms with van der Waals surface area (Å²) in [5.74, 6) is -0.523. The number of hydrogen-bond donors (Lipinski definition) is 4. The monoisotopic (exact) mass is 415 g/mol. The number of nitrogens with one attached hydrogen (secondary N) is 3. The summed E-state index contributed by atoms with van der Waals surface area (Å²) < 4.78 is 0. The second-order valence-electron chi connectivity index (χ2n) is 7.00. The van der Waals surface area contributed by atoms with Crippen LogP contribution in [0.25, 0.3) is 0 Å². The van der Waals surface area contributed by atoms with Crippen LogP contribution in [0.3, 0.4) is 0 Å². The molecule has 2 amide bonds. The van der Waals surface area contributed by atoms with Gasteiger partial charge < -0.3 is 21.1 Å². The van der Waals surface area contributed by atoms with Crippen molar-refractivity contribution in [2.75, 3.05) is 26.2 Å². The minimum atomic E-state index is -0.347. The largest absolute Gasteiger partial charge is 0.508 e. The average Bonchev–Trinajstić information content (AvgIpc) is 2.91. The second kappa shape index (κ2) is 9.29. The molecule has 4 N–H and O–H groups in total. The topological polar surface area (TPSA) is 90.5 Å². The predicted molar refractivity (Wildman–Crippen MR) is 114 cm³/mol. The Hall–Kier alpha value is -2.57. The molecule has 2 aromatic rings. The summed E-state index contributed by atoms with van der Waals surface area (Å²) in [5, 5.41) is 18.9. The SMILES string of the molecule is CCNC(=O)c1cc2c(c(Cl)c1C(=O)NCC)CCNC[C@@H]2c1ccc(O)cc1. The third kappa shape index (κ3) is 4.38. The number of benzene rings is 2. The number of amides is 2. The fourth-order valence-corrected chi connectivity index (χ4v) is 4.15. The van der Waals surface area contributed by atoms with Crippen molar-refractivity contribution >= 4 is 23.4 Å². The number of aromatic hydroxyl groups is 1. The van der Waals surface area contributed by atoms with E-state index in [1.54, 1.807) is 18.2 Å². The summed E-state index contributed by atoms with van der Waals surface area (Å²) >= 11 is 6.75. The minimum absolute atomic E-state index is 0.0536. The standard InChI is InChI=1S/C22H26ClN3O3/c1-3-25-21(28)17-11-16-15(20(23)19(17)22(29)26-4-2)9-10-24-12-18(16)13-5-7-14(27)8-6-13/h5-8,11,18,24,27H,3-4,9-10,12H2,1-2H3,(H,25,28)(H,26,29)/t18-/m1/s1. The first-order chi connectivity index (χ1) is 14.0. The van der Waals surface area contributed by atoms with Crippen molar-refractivity contribution in [1.82, 2.24) is 16.0 Å². The van der Waals surface area contributed by atoms with Crippen molar-refractivity contribution < 1.29 is 14.7 Å². The zero-order valence-electron chi connectivity index (χ0n) is 16.6. The molecule has 0 aromatic heterocycles. The molecular weight excluding hydrogens is 390 g/mol. The zero-order chi connectivity index (χ0) is 21.0. The number of carbonyl (C=O) groups excluding carboxylic acids is 2. The molecule has 7 heteroatoms. The zero-order valence-corrected chi connectivity index (χ0v) is 17.4. The van der Waals surface area contributed by atoms with Crippen LogP contribution in [0.2, 0.25) is 5.02 Å². The Morgan fingerprint density at radius 3 is 2.45 bits per heavy atom. The van der Waals surface area contributed by atoms with Crippen LogP contribution in [0.5, 0.6) is 5.75 Å². The smallest absolute Gasteiger partial charge is 0.253 e. The van der Waals surface area contributed by atoms with Crippen LogP contribution in [0.1, 0.15) is 57.2 Å². The first kappa shape index (κ1) is 21.1. The molecule has 0 unspecified atom stereocenters. The van der Waals surface area contributed by atoms with E-state index in [1.807, 2.05) is 26.0 Å². The Labute approximate surface area is 175 Å². The molecule has 1 aliphatic rings. The van der Waals surface area contributed by atoms with Gasteiger partial charge >= 0.3 is 0 Å². The summed E-state index contributed by atoms with van der Waals surface area (Å²) in [6, 6.07) is 8.84. The molecule has 1 atom stereocenters. The molecule has 1 heterocycles. The van der Waals surface area contributed by atoms with E-state index in [4.69, 9.17) is 11.6 Å². The van der Waals surface area contributed by atoms with Crippen LogP contribution >= 0.6 is 11.6 Å². The van der Waals surface area contributed by atoms with Gasteiger partial charge in [0.05, 0.1) is 16.1 Å². The van der Waals surface area contributed by atoms with E-state index >= 15 is 0 Å². The van der Waals surface area contributed by atoms with Gasteiger partial charge in [0.1, 0.15) is 5.75 Å². The fraction of sp³-hybridized carbons (Fsp3) is 0.364. The van der Waals surface area contributed by atoms with Crippen molar-refractivity contribution in [2.45, 2.75) is 26.2 Å². The fourth-order valence-electron chi connectivity index (χ4n) is 3.76. The van der Waals surface area contributed by atoms with Gasteiger partial charge in [0.15, 0.2) is 0 Å². The number of halogens is 1. The van der Waals surface area contributed by atoms with Gasteiger partial charge in [-0.2, -0.15) is 0 Å². The third-order valence-corrected chi connectivity index (χ3v) is 5.54. The lowest BCUT2D eigenvalue weighted by Crippen LogP contribution is -2.30. The summed E-state index contributed by atoms with van der Waals surface area (Å²) in [4.78, 5) is 25.5. The molecule has 0 fully saturated rings. The molecule has 0 bridgehead atoms. The van der Waals surface area contributed by atoms with Crippen LogP contribution in [-0.2, 0) is 6.42 Å². The Kier molecular flexibility index (Phi) is 6.77. The molecule has 0 saturated heterocycles. The predicted octanol–water partition coefficient (Wildman–Crippen LogP) is 2.82. The van der Waals surface area contributed by atoms with Crippen LogP contribution < -0.4 is 16.0 Å². The van der Waals surface area contributed by atoms with Gasteiger partial charge in [0, 0.05) is 25.6 Å². The third-order valence-electron chi connectivity index (χ3n) is 5.12. The highest BCUT2D eigenvalue weighted by Crippen LogP contribution is 2.37. The van der Waals surface area contributed by atoms with E-state index in [1.165, 1.54) is 0 Å². The Bertz CT molecular complexity index is 913. The van der Waals surface area contributed by atoms with E-state index < -0.39 is 0 Å². The number of fused-ring (bicyclic) bond motifs is 1. The van der Waals surface area contributed by atoms with Crippen LogP contribution in [0.15, 0.2) is 30.3 Å². The van der Waals surface area contributed by atoms with Gasteiger partial charge in [-0.1, -0.05) is 23.7 Å². The van der Waals surface area contributed by atoms with E-state index in [0.717, 1.165) is 23.2 Å². The summed E-state index contributed by atoms with van der Waals surface area (Å²) in [6.07, 6.45) is 0.658. The highest BCUT2D eigenvalue weighted by atomic mass is 35.5. The van der Waals surface area contributed by atoms with E-state index in [0.29, 0.717) is 31.1 Å². The molecule has 154 valence electrons. The molecule has 0 aliphatic carbocycles. The van der Waals surface area contributed by atoms with E-state index in [9.17, 15) is 14.7 Å². The first-order valence-corrected chi connectivity index (χ1v) is 10.3. The van der Waals surface area contributed by atoms with Gasteiger partial charge in [-0.05, 0) is 61.7 Å². The van der Waals surface area contributed by atoms with E-state index in [2.05, 4.69) is 16.0 Å². The molecule has 29 heavy (non-hydrogen) atoms. The maximum absolute atomic E-state index is 12.8. The lowest BCUT2D eigenvalue weighted by molar-refractivity contribution is 0.0921. The number of hydrogen-bond acceptors (Lipinski definition) is 4. The van der Waals surface area contributed by atoms with Gasteiger partial charge in [-0.15, -0.1) is 0 Å². The molecule has 0 radical (unpaired) electrons. The summed E-state index contributed by atoms with van der Waals surface area (Å²) in [6.45, 7) is 5.94. The Morgan fingerprint density at radius 1 is 1.14 bits per heavy atom. The summed E-state index contributed by atoms with van der Waals surface area (Å²) in [5.41, 5.74) is 3.32. The van der Waals surface area contributed by atoms with Crippen molar-refractivity contribution in [3.63, 3.8) is 0 Å². The number of phenolic OH excluding ortho intramolecular Hbond substituents is 1. The second-order valence-corrected chi connectivity index (χ2v) is 7.38. The number of phenols is 1. The van der Waals surface area contributed by atoms with Crippen LogP contribution in [-0.4, -0.2) is 43.1 Å². The molecule has 0 saturated carbocycles. The number of rotatable bonds is 5. The molecule has 3 rings (SSSR count). The van der Waals surface area contributed by atoms with Crippen molar-refractivity contribution in [1.29, 1.82) is 0 Å².